The zero-order valence-corrected chi connectivity index (χ0v) is 15.3. The van der Waals surface area contributed by atoms with Crippen LogP contribution in [0.5, 0.6) is 0 Å². The van der Waals surface area contributed by atoms with Crippen molar-refractivity contribution in [2.45, 2.75) is 38.3 Å². The molecule has 21 heavy (non-hydrogen) atoms. The number of carbonyl (C=O) groups excluding carboxylic acids is 1. The molecule has 0 saturated heterocycles. The second-order valence-corrected chi connectivity index (χ2v) is 5.75. The van der Waals surface area contributed by atoms with Gasteiger partial charge in [0.1, 0.15) is 5.16 Å². The Hall–Kier alpha value is -0.440. The zero-order chi connectivity index (χ0) is 16.6. The number of hydrogen-bond acceptors (Lipinski definition) is 6. The third-order valence-electron chi connectivity index (χ3n) is 2.36. The smallest absolute Gasteiger partial charge is 0.549 e. The second-order valence-electron chi connectivity index (χ2n) is 3.49. The van der Waals surface area contributed by atoms with Gasteiger partial charge in [-0.25, -0.2) is 0 Å². The minimum atomic E-state index is -4.89. The molecule has 0 aliphatic rings. The maximum atomic E-state index is 11.7. The Morgan fingerprint density at radius 1 is 1.19 bits per heavy atom. The Morgan fingerprint density at radius 2 is 1.62 bits per heavy atom. The van der Waals surface area contributed by atoms with E-state index >= 15 is 0 Å². The maximum Gasteiger partial charge on any atom is 1.00 e. The van der Waals surface area contributed by atoms with Gasteiger partial charge >= 0.3 is 49.1 Å². The molecule has 0 aliphatic heterocycles. The number of rotatable bonds is 8. The second kappa shape index (κ2) is 11.2. The molecule has 0 bridgehead atoms. The monoisotopic (exact) mass is 336 g/mol. The van der Waals surface area contributed by atoms with E-state index in [9.17, 15) is 28.9 Å². The van der Waals surface area contributed by atoms with Gasteiger partial charge in [-0.15, -0.1) is 0 Å². The first kappa shape index (κ1) is 25.5. The first-order valence-electron chi connectivity index (χ1n) is 5.62. The number of carbonyl (C=O) groups is 3. The molecule has 9 nitrogen and oxygen atoms in total. The quantitative estimate of drug-likeness (QED) is 0.304. The van der Waals surface area contributed by atoms with Crippen LogP contribution in [0.15, 0.2) is 0 Å². The van der Waals surface area contributed by atoms with Crippen LogP contribution < -0.4 is 34.7 Å². The molecule has 118 valence electrons. The minimum absolute atomic E-state index is 0. The van der Waals surface area contributed by atoms with Crippen LogP contribution in [0.3, 0.4) is 0 Å². The van der Waals surface area contributed by atoms with Crippen LogP contribution in [0.25, 0.3) is 0 Å². The Bertz CT molecular complexity index is 411. The molecule has 0 heterocycles. The van der Waals surface area contributed by atoms with Gasteiger partial charge in [-0.2, -0.15) is 0 Å². The predicted octanol–water partition coefficient (Wildman–Crippen LogP) is -3.32. The van der Waals surface area contributed by atoms with Gasteiger partial charge in [-0.1, -0.05) is 13.8 Å². The van der Waals surface area contributed by atoms with E-state index in [1.54, 1.807) is 0 Å². The van der Waals surface area contributed by atoms with Crippen molar-refractivity contribution >= 4 is 25.5 Å². The number of aliphatic carboxylic acids is 3. The average Bonchev–Trinajstić information content (AvgIpc) is 2.35. The van der Waals surface area contributed by atoms with Gasteiger partial charge in [0.2, 0.25) is 0 Å². The molecule has 2 atom stereocenters. The Labute approximate surface area is 144 Å². The number of hydrogen-bond donors (Lipinski definition) is 3. The molecule has 0 amide bonds. The van der Waals surface area contributed by atoms with Crippen LogP contribution in [0.4, 0.5) is 0 Å². The zero-order valence-electron chi connectivity index (χ0n) is 12.4. The van der Waals surface area contributed by atoms with Crippen molar-refractivity contribution < 1.29 is 73.2 Å². The largest absolute Gasteiger partial charge is 1.00 e. The molecule has 0 radical (unpaired) electrons. The molecule has 0 aliphatic carbocycles. The Kier molecular flexibility index (Phi) is 13.6. The molecule has 0 spiro atoms. The topological polar surface area (TPSA) is 161 Å². The predicted molar refractivity (Wildman–Crippen MR) is 65.0 cm³/mol. The number of carboxylic acid groups (broad SMARTS) is 3. The van der Waals surface area contributed by atoms with E-state index in [0.29, 0.717) is 0 Å². The minimum Gasteiger partial charge on any atom is -0.549 e. The van der Waals surface area contributed by atoms with E-state index in [2.05, 4.69) is 4.52 Å². The SMILES string of the molecule is CC.COP(=O)(O)C(CCC(=O)O)(CC(=O)O)C(=O)[O-].[Na+]. The molecule has 2 unspecified atom stereocenters. The van der Waals surface area contributed by atoms with E-state index in [1.807, 2.05) is 13.8 Å². The van der Waals surface area contributed by atoms with Crippen LogP contribution in [0, 0.1) is 0 Å². The van der Waals surface area contributed by atoms with Gasteiger partial charge in [0.05, 0.1) is 12.4 Å². The summed E-state index contributed by atoms with van der Waals surface area (Å²) in [5, 5.41) is 25.3. The summed E-state index contributed by atoms with van der Waals surface area (Å²) < 4.78 is 15.8. The standard InChI is InChI=1S/C8H13O9P.C2H6.Na/c1-17-18(15,16)8(7(13)14,4-6(11)12)3-2-5(9)10;1-2;/h2-4H2,1H3,(H,9,10)(H,11,12)(H,13,14)(H,15,16);1-2H3;/q;;+1/p-1. The third kappa shape index (κ3) is 7.39. The summed E-state index contributed by atoms with van der Waals surface area (Å²) >= 11 is 0. The van der Waals surface area contributed by atoms with Crippen LogP contribution in [0.1, 0.15) is 33.1 Å². The van der Waals surface area contributed by atoms with Crippen LogP contribution in [0.2, 0.25) is 0 Å². The van der Waals surface area contributed by atoms with Gasteiger partial charge in [-0.05, 0) is 6.42 Å². The summed E-state index contributed by atoms with van der Waals surface area (Å²) in [6.07, 6.45) is -2.97. The van der Waals surface area contributed by atoms with E-state index in [4.69, 9.17) is 10.2 Å². The van der Waals surface area contributed by atoms with Gasteiger partial charge in [0.15, 0.2) is 0 Å². The van der Waals surface area contributed by atoms with Crippen molar-refractivity contribution in [2.24, 2.45) is 0 Å². The van der Waals surface area contributed by atoms with Crippen molar-refractivity contribution in [2.75, 3.05) is 7.11 Å². The summed E-state index contributed by atoms with van der Waals surface area (Å²) in [7, 11) is -4.16. The van der Waals surface area contributed by atoms with Crippen LogP contribution in [-0.2, 0) is 23.5 Å². The molecule has 3 N–H and O–H groups in total. The average molecular weight is 336 g/mol. The molecule has 0 aromatic heterocycles. The molecule has 0 aromatic rings. The molecule has 0 aromatic carbocycles. The third-order valence-corrected chi connectivity index (χ3v) is 4.51. The van der Waals surface area contributed by atoms with Crippen LogP contribution >= 0.6 is 7.60 Å². The fraction of sp³-hybridized carbons (Fsp3) is 0.700. The molecule has 0 rings (SSSR count). The van der Waals surface area contributed by atoms with E-state index in [-0.39, 0.29) is 29.6 Å². The van der Waals surface area contributed by atoms with Crippen molar-refractivity contribution in [3.05, 3.63) is 0 Å². The first-order chi connectivity index (χ1) is 9.09. The van der Waals surface area contributed by atoms with Gasteiger partial charge in [0, 0.05) is 13.5 Å². The number of carboxylic acids is 3. The summed E-state index contributed by atoms with van der Waals surface area (Å²) in [6, 6.07) is 0. The van der Waals surface area contributed by atoms with E-state index in [1.165, 1.54) is 0 Å². The normalized spacial score (nSPS) is 15.2. The maximum absolute atomic E-state index is 11.7. The molecule has 0 saturated carbocycles. The van der Waals surface area contributed by atoms with Crippen molar-refractivity contribution in [1.82, 2.24) is 0 Å². The molecular formula is C10H18NaO9P. The van der Waals surface area contributed by atoms with Gasteiger partial charge < -0.3 is 29.5 Å². The molecule has 11 heteroatoms. The van der Waals surface area contributed by atoms with E-state index in [0.717, 1.165) is 7.11 Å². The summed E-state index contributed by atoms with van der Waals surface area (Å²) in [4.78, 5) is 41.4. The summed E-state index contributed by atoms with van der Waals surface area (Å²) in [5.41, 5.74) is 0. The summed E-state index contributed by atoms with van der Waals surface area (Å²) in [5.74, 6) is -5.27. The van der Waals surface area contributed by atoms with Crippen molar-refractivity contribution in [3.8, 4) is 0 Å². The Morgan fingerprint density at radius 3 is 1.86 bits per heavy atom. The van der Waals surface area contributed by atoms with Crippen molar-refractivity contribution in [3.63, 3.8) is 0 Å². The van der Waals surface area contributed by atoms with E-state index < -0.39 is 49.9 Å². The van der Waals surface area contributed by atoms with Gasteiger partial charge in [0.25, 0.3) is 0 Å². The first-order valence-corrected chi connectivity index (χ1v) is 7.20. The Balaban J connectivity index is -0.00000103. The van der Waals surface area contributed by atoms with Gasteiger partial charge in [-0.3, -0.25) is 14.2 Å². The van der Waals surface area contributed by atoms with Crippen LogP contribution in [-0.4, -0.2) is 45.3 Å². The van der Waals surface area contributed by atoms with Crippen molar-refractivity contribution in [1.29, 1.82) is 0 Å². The molecule has 0 fully saturated rings. The summed E-state index contributed by atoms with van der Waals surface area (Å²) in [6.45, 7) is 4.00. The molecular weight excluding hydrogens is 318 g/mol. The fourth-order valence-corrected chi connectivity index (χ4v) is 2.67. The fourth-order valence-electron chi connectivity index (χ4n) is 1.36.